The number of fused-ring (bicyclic) bond motifs is 1. The van der Waals surface area contributed by atoms with Crippen LogP contribution in [-0.2, 0) is 16.0 Å². The number of furan rings is 1. The summed E-state index contributed by atoms with van der Waals surface area (Å²) in [6.07, 6.45) is 4.10. The molecule has 1 aromatic heterocycles. The summed E-state index contributed by atoms with van der Waals surface area (Å²) in [6, 6.07) is 4.67. The Kier molecular flexibility index (Phi) is 3.91. The summed E-state index contributed by atoms with van der Waals surface area (Å²) in [4.78, 5) is 2.51. The van der Waals surface area contributed by atoms with Crippen LogP contribution in [0.15, 0.2) is 16.5 Å². The maximum atomic E-state index is 6.13. The first-order chi connectivity index (χ1) is 9.26. The Hall–Kier alpha value is -0.840. The van der Waals surface area contributed by atoms with E-state index in [1.807, 2.05) is 13.0 Å². The van der Waals surface area contributed by atoms with Gasteiger partial charge in [0.2, 0.25) is 0 Å². The number of likely N-dealkylation sites (tertiary alicyclic amines) is 1. The van der Waals surface area contributed by atoms with E-state index in [0.29, 0.717) is 12.1 Å². The minimum atomic E-state index is 0.289. The van der Waals surface area contributed by atoms with Gasteiger partial charge in [0.25, 0.3) is 0 Å². The predicted molar refractivity (Wildman–Crippen MR) is 72.0 cm³/mol. The molecule has 0 spiro atoms. The standard InChI is InChI=1S/C15H23NO3/c1-11-3-4-12(18-11)9-16-8-7-15-14(16)6-5-13(19-15)10-17-2/h3-4,13-15H,5-10H2,1-2H3/t13-,14-,15-/m1/s1. The van der Waals surface area contributed by atoms with Gasteiger partial charge in [0.15, 0.2) is 0 Å². The monoisotopic (exact) mass is 265 g/mol. The smallest absolute Gasteiger partial charge is 0.118 e. The van der Waals surface area contributed by atoms with Crippen molar-refractivity contribution in [3.05, 3.63) is 23.7 Å². The highest BCUT2D eigenvalue weighted by Gasteiger charge is 2.39. The second kappa shape index (κ2) is 5.65. The van der Waals surface area contributed by atoms with Crippen molar-refractivity contribution in [1.82, 2.24) is 4.90 Å². The summed E-state index contributed by atoms with van der Waals surface area (Å²) in [5, 5.41) is 0. The molecule has 0 aliphatic carbocycles. The van der Waals surface area contributed by atoms with E-state index >= 15 is 0 Å². The van der Waals surface area contributed by atoms with Crippen LogP contribution in [0.1, 0.15) is 30.8 Å². The van der Waals surface area contributed by atoms with Crippen molar-refractivity contribution in [3.63, 3.8) is 0 Å². The number of methoxy groups -OCH3 is 1. The van der Waals surface area contributed by atoms with Crippen LogP contribution >= 0.6 is 0 Å². The lowest BCUT2D eigenvalue weighted by Gasteiger charge is -2.35. The van der Waals surface area contributed by atoms with E-state index in [4.69, 9.17) is 13.9 Å². The van der Waals surface area contributed by atoms with E-state index in [2.05, 4.69) is 11.0 Å². The Morgan fingerprint density at radius 1 is 1.32 bits per heavy atom. The van der Waals surface area contributed by atoms with Gasteiger partial charge in [0, 0.05) is 19.7 Å². The molecule has 4 nitrogen and oxygen atoms in total. The zero-order valence-corrected chi connectivity index (χ0v) is 11.8. The minimum Gasteiger partial charge on any atom is -0.465 e. The number of nitrogens with zero attached hydrogens (tertiary/aromatic N) is 1. The first kappa shape index (κ1) is 13.2. The summed E-state index contributed by atoms with van der Waals surface area (Å²) in [6.45, 7) is 4.73. The van der Waals surface area contributed by atoms with Crippen LogP contribution < -0.4 is 0 Å². The fourth-order valence-electron chi connectivity index (χ4n) is 3.36. The molecule has 2 aliphatic heterocycles. The van der Waals surface area contributed by atoms with E-state index in [0.717, 1.165) is 44.1 Å². The highest BCUT2D eigenvalue weighted by molar-refractivity contribution is 5.06. The third-order valence-electron chi connectivity index (χ3n) is 4.26. The summed E-state index contributed by atoms with van der Waals surface area (Å²) >= 11 is 0. The van der Waals surface area contributed by atoms with Crippen molar-refractivity contribution in [2.24, 2.45) is 0 Å². The molecular weight excluding hydrogens is 242 g/mol. The van der Waals surface area contributed by atoms with Crippen LogP contribution in [0.5, 0.6) is 0 Å². The molecule has 4 heteroatoms. The van der Waals surface area contributed by atoms with Crippen LogP contribution in [0.4, 0.5) is 0 Å². The second-order valence-electron chi connectivity index (χ2n) is 5.67. The molecule has 0 bridgehead atoms. The largest absolute Gasteiger partial charge is 0.465 e. The lowest BCUT2D eigenvalue weighted by atomic mass is 9.99. The van der Waals surface area contributed by atoms with Gasteiger partial charge >= 0.3 is 0 Å². The van der Waals surface area contributed by atoms with Gasteiger partial charge in [-0.1, -0.05) is 0 Å². The van der Waals surface area contributed by atoms with Gasteiger partial charge in [-0.15, -0.1) is 0 Å². The average Bonchev–Trinajstić information content (AvgIpc) is 2.97. The highest BCUT2D eigenvalue weighted by Crippen LogP contribution is 2.32. The molecule has 19 heavy (non-hydrogen) atoms. The molecule has 106 valence electrons. The third-order valence-corrected chi connectivity index (χ3v) is 4.26. The third kappa shape index (κ3) is 2.86. The zero-order valence-electron chi connectivity index (χ0n) is 11.8. The quantitative estimate of drug-likeness (QED) is 0.837. The maximum absolute atomic E-state index is 6.13. The fraction of sp³-hybridized carbons (Fsp3) is 0.733. The minimum absolute atomic E-state index is 0.289. The average molecular weight is 265 g/mol. The van der Waals surface area contributed by atoms with Crippen molar-refractivity contribution in [2.75, 3.05) is 20.3 Å². The van der Waals surface area contributed by atoms with Crippen molar-refractivity contribution in [2.45, 2.75) is 51.0 Å². The van der Waals surface area contributed by atoms with Crippen LogP contribution in [0, 0.1) is 6.92 Å². The van der Waals surface area contributed by atoms with Gasteiger partial charge in [-0.05, 0) is 38.3 Å². The van der Waals surface area contributed by atoms with Gasteiger partial charge in [-0.2, -0.15) is 0 Å². The SMILES string of the molecule is COC[C@H]1CC[C@@H]2[C@@H](CCN2Cc2ccc(C)o2)O1. The number of hydrogen-bond acceptors (Lipinski definition) is 4. The van der Waals surface area contributed by atoms with Gasteiger partial charge in [0.1, 0.15) is 11.5 Å². The van der Waals surface area contributed by atoms with Crippen molar-refractivity contribution in [1.29, 1.82) is 0 Å². The Morgan fingerprint density at radius 2 is 2.21 bits per heavy atom. The first-order valence-electron chi connectivity index (χ1n) is 7.20. The molecule has 2 saturated heterocycles. The van der Waals surface area contributed by atoms with Crippen molar-refractivity contribution < 1.29 is 13.9 Å². The van der Waals surface area contributed by atoms with E-state index in [1.165, 1.54) is 6.42 Å². The Morgan fingerprint density at radius 3 is 2.95 bits per heavy atom. The lowest BCUT2D eigenvalue weighted by molar-refractivity contribution is -0.0942. The van der Waals surface area contributed by atoms with E-state index in [9.17, 15) is 0 Å². The van der Waals surface area contributed by atoms with E-state index in [1.54, 1.807) is 7.11 Å². The number of rotatable bonds is 4. The molecular formula is C15H23NO3. The normalized spacial score (nSPS) is 31.6. The Bertz CT molecular complexity index is 417. The Labute approximate surface area is 114 Å². The summed E-state index contributed by atoms with van der Waals surface area (Å²) < 4.78 is 17.0. The number of hydrogen-bond donors (Lipinski definition) is 0. The molecule has 0 saturated carbocycles. The lowest BCUT2D eigenvalue weighted by Crippen LogP contribution is -2.43. The molecule has 2 aliphatic rings. The summed E-state index contributed by atoms with van der Waals surface area (Å²) in [5.74, 6) is 2.06. The first-order valence-corrected chi connectivity index (χ1v) is 7.20. The topological polar surface area (TPSA) is 34.8 Å². The Balaban J connectivity index is 1.58. The fourth-order valence-corrected chi connectivity index (χ4v) is 3.36. The van der Waals surface area contributed by atoms with Crippen molar-refractivity contribution >= 4 is 0 Å². The highest BCUT2D eigenvalue weighted by atomic mass is 16.5. The molecule has 0 radical (unpaired) electrons. The van der Waals surface area contributed by atoms with Crippen LogP contribution in [-0.4, -0.2) is 43.4 Å². The predicted octanol–water partition coefficient (Wildman–Crippen LogP) is 2.36. The molecule has 0 unspecified atom stereocenters. The second-order valence-corrected chi connectivity index (χ2v) is 5.67. The number of aryl methyl sites for hydroxylation is 1. The zero-order chi connectivity index (χ0) is 13.2. The number of ether oxygens (including phenoxy) is 2. The van der Waals surface area contributed by atoms with Crippen LogP contribution in [0.2, 0.25) is 0 Å². The molecule has 2 fully saturated rings. The van der Waals surface area contributed by atoms with Crippen molar-refractivity contribution in [3.8, 4) is 0 Å². The summed E-state index contributed by atoms with van der Waals surface area (Å²) in [7, 11) is 1.75. The molecule has 0 N–H and O–H groups in total. The van der Waals surface area contributed by atoms with Gasteiger partial charge in [-0.25, -0.2) is 0 Å². The van der Waals surface area contributed by atoms with Crippen LogP contribution in [0.25, 0.3) is 0 Å². The van der Waals surface area contributed by atoms with E-state index < -0.39 is 0 Å². The van der Waals surface area contributed by atoms with Gasteiger partial charge in [0.05, 0.1) is 25.4 Å². The maximum Gasteiger partial charge on any atom is 0.118 e. The molecule has 1 aromatic rings. The van der Waals surface area contributed by atoms with E-state index in [-0.39, 0.29) is 6.10 Å². The molecule has 0 aromatic carbocycles. The van der Waals surface area contributed by atoms with Gasteiger partial charge < -0.3 is 13.9 Å². The molecule has 3 rings (SSSR count). The van der Waals surface area contributed by atoms with Crippen LogP contribution in [0.3, 0.4) is 0 Å². The molecule has 3 atom stereocenters. The van der Waals surface area contributed by atoms with Gasteiger partial charge in [-0.3, -0.25) is 4.90 Å². The molecule has 3 heterocycles. The molecule has 0 amide bonds. The summed E-state index contributed by atoms with van der Waals surface area (Å²) in [5.41, 5.74) is 0.